The fourth-order valence-electron chi connectivity index (χ4n) is 3.64. The summed E-state index contributed by atoms with van der Waals surface area (Å²) in [5.41, 5.74) is 2.24. The third-order valence-corrected chi connectivity index (χ3v) is 10.1. The molecule has 3 rings (SSSR count). The fraction of sp³-hybridized carbons (Fsp3) is 0.269. The van der Waals surface area contributed by atoms with Gasteiger partial charge in [-0.2, -0.15) is 4.31 Å². The summed E-state index contributed by atoms with van der Waals surface area (Å²) in [6, 6.07) is 16.9. The molecule has 0 unspecified atom stereocenters. The highest BCUT2D eigenvalue weighted by atomic mass is 35.5. The zero-order chi connectivity index (χ0) is 27.4. The van der Waals surface area contributed by atoms with Crippen LogP contribution in [0.1, 0.15) is 25.0 Å². The van der Waals surface area contributed by atoms with Crippen molar-refractivity contribution in [1.82, 2.24) is 4.31 Å². The van der Waals surface area contributed by atoms with Crippen molar-refractivity contribution in [2.24, 2.45) is 0 Å². The minimum absolute atomic E-state index is 0.0357. The van der Waals surface area contributed by atoms with Gasteiger partial charge in [0.15, 0.2) is 0 Å². The van der Waals surface area contributed by atoms with Gasteiger partial charge in [-0.1, -0.05) is 49.2 Å². The molecule has 37 heavy (non-hydrogen) atoms. The second-order valence-electron chi connectivity index (χ2n) is 8.42. The number of sulfonamides is 2. The number of anilines is 2. The first kappa shape index (κ1) is 28.6. The zero-order valence-electron chi connectivity index (χ0n) is 21.1. The molecule has 3 aromatic carbocycles. The van der Waals surface area contributed by atoms with E-state index in [1.807, 2.05) is 6.92 Å². The van der Waals surface area contributed by atoms with Crippen molar-refractivity contribution < 1.29 is 21.6 Å². The van der Waals surface area contributed by atoms with Crippen LogP contribution in [0.2, 0.25) is 5.02 Å². The predicted octanol–water partition coefficient (Wildman–Crippen LogP) is 4.82. The summed E-state index contributed by atoms with van der Waals surface area (Å²) < 4.78 is 54.8. The van der Waals surface area contributed by atoms with Crippen LogP contribution in [-0.2, 0) is 24.8 Å². The van der Waals surface area contributed by atoms with Gasteiger partial charge in [-0.3, -0.25) is 9.10 Å². The van der Waals surface area contributed by atoms with Gasteiger partial charge >= 0.3 is 0 Å². The average Bonchev–Trinajstić information content (AvgIpc) is 2.85. The summed E-state index contributed by atoms with van der Waals surface area (Å²) in [5.74, 6) is -0.605. The van der Waals surface area contributed by atoms with E-state index in [-0.39, 0.29) is 15.5 Å². The second kappa shape index (κ2) is 11.6. The van der Waals surface area contributed by atoms with Crippen LogP contribution in [0.15, 0.2) is 76.5 Å². The first-order valence-electron chi connectivity index (χ1n) is 11.7. The first-order chi connectivity index (χ1) is 17.4. The van der Waals surface area contributed by atoms with E-state index >= 15 is 0 Å². The number of benzene rings is 3. The van der Waals surface area contributed by atoms with E-state index in [4.69, 9.17) is 11.6 Å². The molecule has 0 atom stereocenters. The first-order valence-corrected chi connectivity index (χ1v) is 14.9. The Labute approximate surface area is 224 Å². The van der Waals surface area contributed by atoms with Gasteiger partial charge in [-0.25, -0.2) is 16.8 Å². The number of halogens is 1. The minimum Gasteiger partial charge on any atom is -0.325 e. The molecule has 0 bridgehead atoms. The number of nitrogens with one attached hydrogen (secondary N) is 1. The monoisotopic (exact) mass is 563 g/mol. The lowest BCUT2D eigenvalue weighted by atomic mass is 10.2. The standard InChI is InChI=1S/C26H30ClN3O5S2/c1-5-29(6-2)36(32,33)23-15-10-21(11-16-23)28-26(31)18-30(22-12-9-20(4)25(27)17-22)37(34,35)24-13-7-19(3)8-14-24/h7-17H,5-6,18H2,1-4H3,(H,28,31). The quantitative estimate of drug-likeness (QED) is 0.381. The van der Waals surface area contributed by atoms with Gasteiger partial charge in [0.05, 0.1) is 15.5 Å². The number of nitrogens with zero attached hydrogens (tertiary/aromatic N) is 2. The van der Waals surface area contributed by atoms with E-state index in [1.54, 1.807) is 45.0 Å². The normalized spacial score (nSPS) is 11.9. The van der Waals surface area contributed by atoms with Gasteiger partial charge in [0.25, 0.3) is 10.0 Å². The lowest BCUT2D eigenvalue weighted by molar-refractivity contribution is -0.114. The third kappa shape index (κ3) is 6.51. The molecule has 8 nitrogen and oxygen atoms in total. The van der Waals surface area contributed by atoms with E-state index in [9.17, 15) is 21.6 Å². The molecular formula is C26H30ClN3O5S2. The summed E-state index contributed by atoms with van der Waals surface area (Å²) in [4.78, 5) is 13.1. The highest BCUT2D eigenvalue weighted by molar-refractivity contribution is 7.92. The van der Waals surface area contributed by atoms with E-state index in [1.165, 1.54) is 46.8 Å². The highest BCUT2D eigenvalue weighted by Crippen LogP contribution is 2.28. The number of carbonyl (C=O) groups is 1. The largest absolute Gasteiger partial charge is 0.325 e. The molecular weight excluding hydrogens is 534 g/mol. The fourth-order valence-corrected chi connectivity index (χ4v) is 6.69. The molecule has 1 N–H and O–H groups in total. The van der Waals surface area contributed by atoms with Crippen molar-refractivity contribution in [2.45, 2.75) is 37.5 Å². The number of amides is 1. The van der Waals surface area contributed by atoms with Crippen molar-refractivity contribution >= 4 is 48.9 Å². The summed E-state index contributed by atoms with van der Waals surface area (Å²) in [6.07, 6.45) is 0. The molecule has 0 heterocycles. The van der Waals surface area contributed by atoms with E-state index < -0.39 is 32.5 Å². The lowest BCUT2D eigenvalue weighted by Crippen LogP contribution is -2.38. The Morgan fingerprint density at radius 3 is 1.89 bits per heavy atom. The second-order valence-corrected chi connectivity index (χ2v) is 12.6. The summed E-state index contributed by atoms with van der Waals surface area (Å²) in [7, 11) is -7.74. The van der Waals surface area contributed by atoms with Gasteiger partial charge in [-0.15, -0.1) is 0 Å². The summed E-state index contributed by atoms with van der Waals surface area (Å²) in [5, 5.41) is 3.02. The van der Waals surface area contributed by atoms with Crippen LogP contribution < -0.4 is 9.62 Å². The number of hydrogen-bond donors (Lipinski definition) is 1. The molecule has 0 aliphatic carbocycles. The van der Waals surface area contributed by atoms with Crippen molar-refractivity contribution in [3.8, 4) is 0 Å². The maximum absolute atomic E-state index is 13.5. The average molecular weight is 564 g/mol. The van der Waals surface area contributed by atoms with Crippen molar-refractivity contribution in [2.75, 3.05) is 29.3 Å². The van der Waals surface area contributed by atoms with Gasteiger partial charge < -0.3 is 5.32 Å². The minimum atomic E-state index is -4.10. The third-order valence-electron chi connectivity index (χ3n) is 5.82. The van der Waals surface area contributed by atoms with E-state index in [0.717, 1.165) is 15.4 Å². The van der Waals surface area contributed by atoms with Crippen molar-refractivity contribution in [3.63, 3.8) is 0 Å². The molecule has 0 spiro atoms. The van der Waals surface area contributed by atoms with Gasteiger partial charge in [-0.05, 0) is 67.9 Å². The zero-order valence-corrected chi connectivity index (χ0v) is 23.5. The van der Waals surface area contributed by atoms with Gasteiger partial charge in [0, 0.05) is 23.8 Å². The van der Waals surface area contributed by atoms with Crippen LogP contribution in [0.4, 0.5) is 11.4 Å². The maximum atomic E-state index is 13.5. The maximum Gasteiger partial charge on any atom is 0.264 e. The Morgan fingerprint density at radius 2 is 1.35 bits per heavy atom. The number of aryl methyl sites for hydroxylation is 2. The lowest BCUT2D eigenvalue weighted by Gasteiger charge is -2.24. The van der Waals surface area contributed by atoms with Crippen LogP contribution >= 0.6 is 11.6 Å². The molecule has 1 amide bonds. The van der Waals surface area contributed by atoms with Crippen LogP contribution in [0.5, 0.6) is 0 Å². The molecule has 0 radical (unpaired) electrons. The van der Waals surface area contributed by atoms with E-state index in [0.29, 0.717) is 23.8 Å². The van der Waals surface area contributed by atoms with Crippen molar-refractivity contribution in [1.29, 1.82) is 0 Å². The molecule has 11 heteroatoms. The Balaban J connectivity index is 1.89. The van der Waals surface area contributed by atoms with E-state index in [2.05, 4.69) is 5.32 Å². The highest BCUT2D eigenvalue weighted by Gasteiger charge is 2.28. The van der Waals surface area contributed by atoms with Gasteiger partial charge in [0.1, 0.15) is 6.54 Å². The van der Waals surface area contributed by atoms with Crippen LogP contribution in [-0.4, -0.2) is 46.7 Å². The SMILES string of the molecule is CCN(CC)S(=O)(=O)c1ccc(NC(=O)CN(c2ccc(C)c(Cl)c2)S(=O)(=O)c2ccc(C)cc2)cc1. The molecule has 3 aromatic rings. The van der Waals surface area contributed by atoms with Crippen LogP contribution in [0.25, 0.3) is 0 Å². The van der Waals surface area contributed by atoms with Crippen LogP contribution in [0.3, 0.4) is 0 Å². The molecule has 0 aliphatic heterocycles. The number of rotatable bonds is 10. The Morgan fingerprint density at radius 1 is 0.811 bits per heavy atom. The Kier molecular flexibility index (Phi) is 9.01. The Bertz CT molecular complexity index is 1470. The number of hydrogen-bond acceptors (Lipinski definition) is 5. The summed E-state index contributed by atoms with van der Waals surface area (Å²) >= 11 is 6.26. The molecule has 0 aliphatic rings. The van der Waals surface area contributed by atoms with Gasteiger partial charge in [0.2, 0.25) is 15.9 Å². The molecule has 0 fully saturated rings. The Hall–Kier alpha value is -2.92. The smallest absolute Gasteiger partial charge is 0.264 e. The molecule has 198 valence electrons. The topological polar surface area (TPSA) is 104 Å². The number of carbonyl (C=O) groups excluding carboxylic acids is 1. The van der Waals surface area contributed by atoms with Crippen molar-refractivity contribution in [3.05, 3.63) is 82.9 Å². The predicted molar refractivity (Wildman–Crippen MR) is 147 cm³/mol. The molecule has 0 aromatic heterocycles. The molecule has 0 saturated heterocycles. The van der Waals surface area contributed by atoms with Crippen LogP contribution in [0, 0.1) is 13.8 Å². The molecule has 0 saturated carbocycles. The summed E-state index contributed by atoms with van der Waals surface area (Å²) in [6.45, 7) is 7.31.